The molecule has 1 rings (SSSR count). The van der Waals surface area contributed by atoms with E-state index in [1.54, 1.807) is 6.08 Å². The van der Waals surface area contributed by atoms with Gasteiger partial charge in [0.2, 0.25) is 0 Å². The lowest BCUT2D eigenvalue weighted by atomic mass is 10.1. The number of rotatable bonds is 7. The molecule has 1 aliphatic rings. The Hall–Kier alpha value is 1.01. The van der Waals surface area contributed by atoms with Gasteiger partial charge in [0.15, 0.2) is 8.15 Å². The van der Waals surface area contributed by atoms with Crippen LogP contribution in [-0.2, 0) is 13.8 Å². The van der Waals surface area contributed by atoms with Crippen LogP contribution < -0.4 is 0 Å². The lowest BCUT2D eigenvalue weighted by molar-refractivity contribution is -0.00125. The Morgan fingerprint density at radius 1 is 1.56 bits per heavy atom. The molecule has 7 unspecified atom stereocenters. The van der Waals surface area contributed by atoms with Gasteiger partial charge < -0.3 is 14.4 Å². The highest BCUT2D eigenvalue weighted by atomic mass is 32.0. The van der Waals surface area contributed by atoms with Gasteiger partial charge >= 0.3 is 0 Å². The monoisotopic (exact) mass is 328 g/mol. The van der Waals surface area contributed by atoms with Gasteiger partial charge in [-0.25, -0.2) is 0 Å². The predicted octanol–water partition coefficient (Wildman–Crippen LogP) is 3.21. The van der Waals surface area contributed by atoms with Crippen LogP contribution in [0.2, 0.25) is 0 Å². The summed E-state index contributed by atoms with van der Waals surface area (Å²) in [6, 6.07) is 0. The quantitative estimate of drug-likeness (QED) is 0.576. The number of aliphatic hydroxyl groups is 1. The van der Waals surface area contributed by atoms with E-state index in [2.05, 4.69) is 15.5 Å². The van der Waals surface area contributed by atoms with Crippen molar-refractivity contribution in [1.29, 1.82) is 0 Å². The zero-order valence-corrected chi connectivity index (χ0v) is 14.4. The van der Waals surface area contributed by atoms with Crippen molar-refractivity contribution >= 4 is 32.5 Å². The maximum absolute atomic E-state index is 11.2. The zero-order chi connectivity index (χ0) is 13.7. The van der Waals surface area contributed by atoms with Crippen LogP contribution in [0.4, 0.5) is 0 Å². The molecule has 0 radical (unpaired) electrons. The highest BCUT2D eigenvalue weighted by Crippen LogP contribution is 2.58. The van der Waals surface area contributed by atoms with Crippen LogP contribution in [0.15, 0.2) is 12.7 Å². The first-order chi connectivity index (χ1) is 8.54. The Kier molecular flexibility index (Phi) is 7.90. The van der Waals surface area contributed by atoms with Crippen LogP contribution in [0.1, 0.15) is 6.42 Å². The van der Waals surface area contributed by atoms with Crippen molar-refractivity contribution in [3.8, 4) is 0 Å². The van der Waals surface area contributed by atoms with Gasteiger partial charge in [-0.3, -0.25) is 4.57 Å². The summed E-state index contributed by atoms with van der Waals surface area (Å²) in [4.78, 5) is 0. The van der Waals surface area contributed by atoms with Gasteiger partial charge in [0.1, 0.15) is 0 Å². The molecule has 4 nitrogen and oxygen atoms in total. The molecule has 7 atom stereocenters. The minimum Gasteiger partial charge on any atom is -0.394 e. The van der Waals surface area contributed by atoms with Crippen molar-refractivity contribution < 1.29 is 18.9 Å². The molecule has 0 saturated carbocycles. The molecule has 104 valence electrons. The molecule has 8 heteroatoms. The van der Waals surface area contributed by atoms with Crippen molar-refractivity contribution in [1.82, 2.24) is 0 Å². The lowest BCUT2D eigenvalue weighted by Crippen LogP contribution is -2.33. The van der Waals surface area contributed by atoms with Crippen LogP contribution >= 0.6 is 32.5 Å². The van der Waals surface area contributed by atoms with Crippen molar-refractivity contribution in [2.75, 3.05) is 19.9 Å². The van der Waals surface area contributed by atoms with Crippen LogP contribution in [-0.4, -0.2) is 49.0 Å². The molecule has 18 heavy (non-hydrogen) atoms. The predicted molar refractivity (Wildman–Crippen MR) is 82.2 cm³/mol. The van der Waals surface area contributed by atoms with E-state index in [-0.39, 0.29) is 38.7 Å². The largest absolute Gasteiger partial charge is 0.394 e. The number of hydrogen-bond donors (Lipinski definition) is 1. The van der Waals surface area contributed by atoms with E-state index in [0.29, 0.717) is 6.42 Å². The van der Waals surface area contributed by atoms with E-state index in [1.165, 1.54) is 0 Å². The minimum atomic E-state index is -0.758. The summed E-state index contributed by atoms with van der Waals surface area (Å²) in [6.45, 7) is 7.62. The van der Waals surface area contributed by atoms with Crippen LogP contribution in [0, 0.1) is 0 Å². The third-order valence-electron chi connectivity index (χ3n) is 2.86. The SMILES string of the molecule is C=CCC1OC(CO)C(P(C)P=O)C1OP(C)P. The van der Waals surface area contributed by atoms with Gasteiger partial charge in [-0.15, -0.1) is 6.58 Å². The summed E-state index contributed by atoms with van der Waals surface area (Å²) in [5, 5.41) is 9.42. The Morgan fingerprint density at radius 3 is 2.67 bits per heavy atom. The molecular formula is C10H20O4P4. The average Bonchev–Trinajstić information content (AvgIpc) is 2.66. The molecule has 1 N–H and O–H groups in total. The second kappa shape index (κ2) is 8.33. The van der Waals surface area contributed by atoms with E-state index in [4.69, 9.17) is 9.26 Å². The summed E-state index contributed by atoms with van der Waals surface area (Å²) >= 11 is 0. The topological polar surface area (TPSA) is 55.8 Å². The van der Waals surface area contributed by atoms with Crippen LogP contribution in [0.3, 0.4) is 0 Å². The molecular weight excluding hydrogens is 308 g/mol. The number of ether oxygens (including phenoxy) is 1. The zero-order valence-electron chi connectivity index (χ0n) is 10.6. The summed E-state index contributed by atoms with van der Waals surface area (Å²) in [5.41, 5.74) is 0.0135. The molecule has 0 aromatic carbocycles. The van der Waals surface area contributed by atoms with Crippen molar-refractivity contribution in [2.45, 2.75) is 30.4 Å². The third-order valence-corrected chi connectivity index (χ3v) is 7.12. The van der Waals surface area contributed by atoms with Crippen LogP contribution in [0.25, 0.3) is 0 Å². The molecule has 0 aromatic rings. The summed E-state index contributed by atoms with van der Waals surface area (Å²) in [5.74, 6) is 0. The Bertz CT molecular complexity index is 289. The van der Waals surface area contributed by atoms with Crippen LogP contribution in [0.5, 0.6) is 0 Å². The van der Waals surface area contributed by atoms with Crippen molar-refractivity contribution in [3.63, 3.8) is 0 Å². The first-order valence-corrected chi connectivity index (χ1v) is 12.3. The maximum Gasteiger partial charge on any atom is 0.181 e. The van der Waals surface area contributed by atoms with E-state index in [1.807, 2.05) is 13.3 Å². The highest BCUT2D eigenvalue weighted by molar-refractivity contribution is 8.16. The van der Waals surface area contributed by atoms with E-state index >= 15 is 0 Å². The normalized spacial score (nSPS) is 35.6. The van der Waals surface area contributed by atoms with Gasteiger partial charge in [-0.1, -0.05) is 15.0 Å². The first kappa shape index (κ1) is 17.1. The second-order valence-corrected chi connectivity index (χ2v) is 12.0. The van der Waals surface area contributed by atoms with Gasteiger partial charge in [-0.05, 0) is 27.4 Å². The lowest BCUT2D eigenvalue weighted by Gasteiger charge is -2.27. The molecule has 0 aromatic heterocycles. The van der Waals surface area contributed by atoms with Gasteiger partial charge in [0.05, 0.1) is 24.9 Å². The van der Waals surface area contributed by atoms with E-state index in [0.717, 1.165) is 0 Å². The summed E-state index contributed by atoms with van der Waals surface area (Å²) in [6.07, 6.45) is 2.00. The minimum absolute atomic E-state index is 0.0135. The van der Waals surface area contributed by atoms with E-state index in [9.17, 15) is 9.67 Å². The summed E-state index contributed by atoms with van der Waals surface area (Å²) in [7, 11) is 1.42. The van der Waals surface area contributed by atoms with Crippen molar-refractivity contribution in [2.24, 2.45) is 0 Å². The Balaban J connectivity index is 2.90. The van der Waals surface area contributed by atoms with E-state index < -0.39 is 15.4 Å². The fraction of sp³-hybridized carbons (Fsp3) is 0.800. The van der Waals surface area contributed by atoms with Gasteiger partial charge in [0, 0.05) is 13.5 Å². The molecule has 1 fully saturated rings. The number of hydrogen-bond acceptors (Lipinski definition) is 4. The van der Waals surface area contributed by atoms with Crippen molar-refractivity contribution in [3.05, 3.63) is 12.7 Å². The molecule has 1 saturated heterocycles. The van der Waals surface area contributed by atoms with Gasteiger partial charge in [0.25, 0.3) is 0 Å². The molecule has 0 spiro atoms. The fourth-order valence-electron chi connectivity index (χ4n) is 2.15. The molecule has 0 amide bonds. The highest BCUT2D eigenvalue weighted by Gasteiger charge is 2.47. The summed E-state index contributed by atoms with van der Waals surface area (Å²) < 4.78 is 23.0. The third kappa shape index (κ3) is 4.26. The molecule has 0 bridgehead atoms. The second-order valence-electron chi connectivity index (χ2n) is 4.18. The first-order valence-electron chi connectivity index (χ1n) is 5.63. The molecule has 1 heterocycles. The fourth-order valence-corrected chi connectivity index (χ4v) is 5.92. The van der Waals surface area contributed by atoms with Gasteiger partial charge in [-0.2, -0.15) is 0 Å². The standard InChI is InChI=1S/C10H20O4P4/c1-4-5-7-9(14-18(3)15)10(17(2)16-12)8(6-11)13-7/h4,7-11H,1,5-6,15H2,2-3H3. The smallest absolute Gasteiger partial charge is 0.181 e. The maximum atomic E-state index is 11.2. The molecule has 0 aliphatic carbocycles. The number of aliphatic hydroxyl groups excluding tert-OH is 1. The Labute approximate surface area is 115 Å². The Morgan fingerprint density at radius 2 is 2.22 bits per heavy atom. The molecule has 1 aliphatic heterocycles. The average molecular weight is 328 g/mol.